The van der Waals surface area contributed by atoms with E-state index in [0.717, 1.165) is 51.1 Å². The molecule has 2 atom stereocenters. The number of phenolic OH excluding ortho intramolecular Hbond substituents is 1. The normalized spacial score (nSPS) is 16.7. The molecule has 5 aromatic rings. The monoisotopic (exact) mass is 546 g/mol. The summed E-state index contributed by atoms with van der Waals surface area (Å²) in [4.78, 5) is 6.84. The summed E-state index contributed by atoms with van der Waals surface area (Å²) in [7, 11) is 0. The Labute approximate surface area is 239 Å². The number of hydrogen-bond acceptors (Lipinski definition) is 4. The SMILES string of the molecule is Cc1ccccc1Oc1ccc(N2C(=S)N[C@@H](c3ccccn3)[C@@H]2c2cc(C)n(-c3ccccc3O)c2C)cc1. The van der Waals surface area contributed by atoms with Crippen molar-refractivity contribution in [3.8, 4) is 22.9 Å². The van der Waals surface area contributed by atoms with Crippen molar-refractivity contribution in [2.45, 2.75) is 32.9 Å². The second-order valence-electron chi connectivity index (χ2n) is 10.0. The molecule has 0 radical (unpaired) electrons. The first-order valence-corrected chi connectivity index (χ1v) is 13.6. The van der Waals surface area contributed by atoms with Gasteiger partial charge in [-0.15, -0.1) is 0 Å². The minimum atomic E-state index is -0.171. The van der Waals surface area contributed by atoms with Gasteiger partial charge in [0.05, 0.1) is 23.5 Å². The fraction of sp³-hybridized carbons (Fsp3) is 0.152. The molecule has 7 heteroatoms. The van der Waals surface area contributed by atoms with Crippen LogP contribution in [0.4, 0.5) is 5.69 Å². The van der Waals surface area contributed by atoms with Crippen LogP contribution in [0.2, 0.25) is 0 Å². The third-order valence-electron chi connectivity index (χ3n) is 7.45. The van der Waals surface area contributed by atoms with E-state index in [0.29, 0.717) is 5.11 Å². The van der Waals surface area contributed by atoms with Crippen LogP contribution < -0.4 is 15.0 Å². The highest BCUT2D eigenvalue weighted by atomic mass is 32.1. The number of benzene rings is 3. The molecule has 1 fully saturated rings. The van der Waals surface area contributed by atoms with E-state index in [-0.39, 0.29) is 17.8 Å². The van der Waals surface area contributed by atoms with Gasteiger partial charge in [0.15, 0.2) is 5.11 Å². The molecule has 0 aliphatic carbocycles. The van der Waals surface area contributed by atoms with E-state index in [2.05, 4.69) is 39.7 Å². The van der Waals surface area contributed by atoms with Gasteiger partial charge in [0.2, 0.25) is 0 Å². The van der Waals surface area contributed by atoms with E-state index >= 15 is 0 Å². The highest BCUT2D eigenvalue weighted by molar-refractivity contribution is 7.80. The lowest BCUT2D eigenvalue weighted by Crippen LogP contribution is -2.29. The summed E-state index contributed by atoms with van der Waals surface area (Å²) >= 11 is 5.94. The first-order valence-electron chi connectivity index (χ1n) is 13.2. The van der Waals surface area contributed by atoms with Crippen molar-refractivity contribution in [3.05, 3.63) is 131 Å². The maximum Gasteiger partial charge on any atom is 0.174 e. The second kappa shape index (κ2) is 10.5. The number of para-hydroxylation sites is 3. The van der Waals surface area contributed by atoms with Crippen LogP contribution in [-0.2, 0) is 0 Å². The molecule has 1 saturated heterocycles. The van der Waals surface area contributed by atoms with Gasteiger partial charge in [-0.25, -0.2) is 0 Å². The van der Waals surface area contributed by atoms with Gasteiger partial charge in [0.1, 0.15) is 17.2 Å². The molecule has 2 N–H and O–H groups in total. The summed E-state index contributed by atoms with van der Waals surface area (Å²) < 4.78 is 8.25. The zero-order valence-corrected chi connectivity index (χ0v) is 23.4. The number of aryl methyl sites for hydroxylation is 2. The Morgan fingerprint density at radius 1 is 0.875 bits per heavy atom. The number of nitrogens with zero attached hydrogens (tertiary/aromatic N) is 3. The summed E-state index contributed by atoms with van der Waals surface area (Å²) in [5.74, 6) is 1.82. The summed E-state index contributed by atoms with van der Waals surface area (Å²) in [6, 6.07) is 31.2. The Morgan fingerprint density at radius 3 is 2.33 bits per heavy atom. The van der Waals surface area contributed by atoms with Gasteiger partial charge in [-0.1, -0.05) is 36.4 Å². The van der Waals surface area contributed by atoms with Gasteiger partial charge in [-0.2, -0.15) is 0 Å². The maximum atomic E-state index is 10.7. The maximum absolute atomic E-state index is 10.7. The second-order valence-corrected chi connectivity index (χ2v) is 10.4. The van der Waals surface area contributed by atoms with Crippen LogP contribution in [-0.4, -0.2) is 19.8 Å². The van der Waals surface area contributed by atoms with Crippen LogP contribution in [0.25, 0.3) is 5.69 Å². The fourth-order valence-corrected chi connectivity index (χ4v) is 5.88. The third-order valence-corrected chi connectivity index (χ3v) is 7.76. The molecule has 200 valence electrons. The largest absolute Gasteiger partial charge is 0.506 e. The number of nitrogens with one attached hydrogen (secondary N) is 1. The Hall–Kier alpha value is -4.62. The summed E-state index contributed by atoms with van der Waals surface area (Å²) in [5, 5.41) is 14.8. The highest BCUT2D eigenvalue weighted by Gasteiger charge is 2.42. The molecule has 40 heavy (non-hydrogen) atoms. The van der Waals surface area contributed by atoms with Crippen molar-refractivity contribution in [1.82, 2.24) is 14.9 Å². The Balaban J connectivity index is 1.42. The average Bonchev–Trinajstić information content (AvgIpc) is 3.46. The van der Waals surface area contributed by atoms with Crippen molar-refractivity contribution in [1.29, 1.82) is 0 Å². The van der Waals surface area contributed by atoms with Gasteiger partial charge < -0.3 is 24.6 Å². The molecule has 0 saturated carbocycles. The van der Waals surface area contributed by atoms with Crippen LogP contribution in [0, 0.1) is 20.8 Å². The van der Waals surface area contributed by atoms with Crippen molar-refractivity contribution in [2.75, 3.05) is 4.90 Å². The lowest BCUT2D eigenvalue weighted by molar-refractivity contribution is 0.471. The van der Waals surface area contributed by atoms with Crippen LogP contribution in [0.1, 0.15) is 40.3 Å². The molecule has 6 nitrogen and oxygen atoms in total. The molecule has 0 spiro atoms. The number of aromatic nitrogens is 2. The van der Waals surface area contributed by atoms with Gasteiger partial charge in [0.25, 0.3) is 0 Å². The quantitative estimate of drug-likeness (QED) is 0.215. The highest BCUT2D eigenvalue weighted by Crippen LogP contribution is 2.44. The Kier molecular flexibility index (Phi) is 6.74. The van der Waals surface area contributed by atoms with Crippen molar-refractivity contribution >= 4 is 23.0 Å². The third kappa shape index (κ3) is 4.58. The number of anilines is 1. The number of phenols is 1. The van der Waals surface area contributed by atoms with Crippen molar-refractivity contribution in [3.63, 3.8) is 0 Å². The van der Waals surface area contributed by atoms with E-state index < -0.39 is 0 Å². The predicted octanol–water partition coefficient (Wildman–Crippen LogP) is 7.47. The molecule has 6 rings (SSSR count). The molecular weight excluding hydrogens is 516 g/mol. The van der Waals surface area contributed by atoms with Gasteiger partial charge in [0, 0.05) is 23.3 Å². The van der Waals surface area contributed by atoms with E-state index in [4.69, 9.17) is 17.0 Å². The molecule has 3 heterocycles. The summed E-state index contributed by atoms with van der Waals surface area (Å²) in [6.45, 7) is 6.18. The van der Waals surface area contributed by atoms with E-state index in [9.17, 15) is 5.11 Å². The lowest BCUT2D eigenvalue weighted by Gasteiger charge is -2.28. The molecule has 0 amide bonds. The first-order chi connectivity index (χ1) is 19.4. The van der Waals surface area contributed by atoms with Crippen LogP contribution in [0.3, 0.4) is 0 Å². The number of hydrogen-bond donors (Lipinski definition) is 2. The molecule has 0 bridgehead atoms. The number of rotatable bonds is 6. The molecule has 1 aliphatic heterocycles. The van der Waals surface area contributed by atoms with Crippen LogP contribution in [0.15, 0.2) is 103 Å². The van der Waals surface area contributed by atoms with Crippen LogP contribution >= 0.6 is 12.2 Å². The van der Waals surface area contributed by atoms with Crippen LogP contribution in [0.5, 0.6) is 17.2 Å². The van der Waals surface area contributed by atoms with Crippen molar-refractivity contribution in [2.24, 2.45) is 0 Å². The number of aromatic hydroxyl groups is 1. The standard InChI is InChI=1S/C33H30N4O2S/c1-21-10-4-7-14-30(21)39-25-17-15-24(16-18-25)37-32(31(35-33(37)40)27-11-8-9-19-34-27)26-20-22(2)36(23(26)3)28-12-5-6-13-29(28)38/h4-20,31-32,38H,1-3H3,(H,35,40)/t31-,32-/m0/s1. The van der Waals surface area contributed by atoms with E-state index in [1.165, 1.54) is 0 Å². The molecule has 0 unspecified atom stereocenters. The minimum absolute atomic E-state index is 0.170. The summed E-state index contributed by atoms with van der Waals surface area (Å²) in [6.07, 6.45) is 1.81. The minimum Gasteiger partial charge on any atom is -0.506 e. The number of ether oxygens (including phenoxy) is 1. The lowest BCUT2D eigenvalue weighted by atomic mass is 9.96. The zero-order valence-electron chi connectivity index (χ0n) is 22.6. The average molecular weight is 547 g/mol. The molecule has 3 aromatic carbocycles. The van der Waals surface area contributed by atoms with E-state index in [1.54, 1.807) is 6.07 Å². The fourth-order valence-electron chi connectivity index (χ4n) is 5.53. The number of thiocarbonyl (C=S) groups is 1. The Bertz CT molecular complexity index is 1680. The van der Waals surface area contributed by atoms with E-state index in [1.807, 2.05) is 98.0 Å². The smallest absolute Gasteiger partial charge is 0.174 e. The van der Waals surface area contributed by atoms with Crippen molar-refractivity contribution < 1.29 is 9.84 Å². The number of pyridine rings is 1. The van der Waals surface area contributed by atoms with Gasteiger partial charge >= 0.3 is 0 Å². The van der Waals surface area contributed by atoms with Gasteiger partial charge in [-0.05, 0) is 105 Å². The summed E-state index contributed by atoms with van der Waals surface area (Å²) in [5.41, 5.74) is 6.83. The molecule has 1 aliphatic rings. The zero-order chi connectivity index (χ0) is 27.8. The van der Waals surface area contributed by atoms with Gasteiger partial charge in [-0.3, -0.25) is 4.98 Å². The predicted molar refractivity (Wildman–Crippen MR) is 163 cm³/mol. The Morgan fingerprint density at radius 2 is 1.60 bits per heavy atom. The first kappa shape index (κ1) is 25.6. The molecular formula is C33H30N4O2S. The molecule has 2 aromatic heterocycles. The topological polar surface area (TPSA) is 62.5 Å².